The van der Waals surface area contributed by atoms with Crippen molar-refractivity contribution in [1.82, 2.24) is 14.7 Å². The predicted molar refractivity (Wildman–Crippen MR) is 75.1 cm³/mol. The standard InChI is InChI=1S/C13H20BrN3O2/c14-12-5-15-17(7-12)13-1-2-16(8-13)6-11-9-18-3-4-19-10-11/h5,7,11,13H,1-4,6,8-10H2. The normalized spacial score (nSPS) is 26.7. The van der Waals surface area contributed by atoms with Gasteiger partial charge in [-0.15, -0.1) is 0 Å². The van der Waals surface area contributed by atoms with Gasteiger partial charge in [-0.2, -0.15) is 5.10 Å². The highest BCUT2D eigenvalue weighted by Gasteiger charge is 2.27. The van der Waals surface area contributed by atoms with Crippen LogP contribution < -0.4 is 0 Å². The van der Waals surface area contributed by atoms with E-state index in [9.17, 15) is 0 Å². The summed E-state index contributed by atoms with van der Waals surface area (Å²) in [6.07, 6.45) is 5.09. The van der Waals surface area contributed by atoms with E-state index >= 15 is 0 Å². The van der Waals surface area contributed by atoms with Gasteiger partial charge in [-0.1, -0.05) is 0 Å². The topological polar surface area (TPSA) is 39.5 Å². The Bertz CT molecular complexity index is 404. The lowest BCUT2D eigenvalue weighted by Gasteiger charge is -2.21. The van der Waals surface area contributed by atoms with Crippen molar-refractivity contribution in [2.45, 2.75) is 12.5 Å². The van der Waals surface area contributed by atoms with Crippen molar-refractivity contribution in [1.29, 1.82) is 0 Å². The SMILES string of the molecule is Brc1cnn(C2CCN(CC3COCCOC3)C2)c1. The zero-order chi connectivity index (χ0) is 13.1. The van der Waals surface area contributed by atoms with Gasteiger partial charge in [0.05, 0.1) is 43.1 Å². The molecule has 6 heteroatoms. The third kappa shape index (κ3) is 3.56. The van der Waals surface area contributed by atoms with E-state index < -0.39 is 0 Å². The van der Waals surface area contributed by atoms with Gasteiger partial charge < -0.3 is 14.4 Å². The summed E-state index contributed by atoms with van der Waals surface area (Å²) in [5.74, 6) is 0.505. The number of hydrogen-bond acceptors (Lipinski definition) is 4. The van der Waals surface area contributed by atoms with Gasteiger partial charge in [0.2, 0.25) is 0 Å². The summed E-state index contributed by atoms with van der Waals surface area (Å²) in [6.45, 7) is 6.41. The van der Waals surface area contributed by atoms with Crippen molar-refractivity contribution < 1.29 is 9.47 Å². The van der Waals surface area contributed by atoms with Crippen LogP contribution in [0.1, 0.15) is 12.5 Å². The first-order chi connectivity index (χ1) is 9.31. The second-order valence-corrected chi connectivity index (χ2v) is 6.27. The van der Waals surface area contributed by atoms with Gasteiger partial charge in [-0.25, -0.2) is 0 Å². The van der Waals surface area contributed by atoms with Crippen LogP contribution in [0.4, 0.5) is 0 Å². The molecule has 3 heterocycles. The molecule has 1 aromatic heterocycles. The Labute approximate surface area is 122 Å². The molecule has 0 N–H and O–H groups in total. The molecule has 0 spiro atoms. The fourth-order valence-corrected chi connectivity index (χ4v) is 3.15. The molecule has 2 aliphatic heterocycles. The minimum absolute atomic E-state index is 0.499. The number of aromatic nitrogens is 2. The Morgan fingerprint density at radius 3 is 2.79 bits per heavy atom. The van der Waals surface area contributed by atoms with E-state index in [1.54, 1.807) is 0 Å². The van der Waals surface area contributed by atoms with E-state index in [2.05, 4.69) is 36.8 Å². The average molecular weight is 330 g/mol. The van der Waals surface area contributed by atoms with Gasteiger partial charge in [0.1, 0.15) is 0 Å². The Balaban J connectivity index is 1.51. The first-order valence-electron chi connectivity index (χ1n) is 6.89. The first-order valence-corrected chi connectivity index (χ1v) is 7.68. The van der Waals surface area contributed by atoms with Gasteiger partial charge in [0, 0.05) is 31.7 Å². The van der Waals surface area contributed by atoms with Crippen LogP contribution in [0.5, 0.6) is 0 Å². The van der Waals surface area contributed by atoms with Crippen LogP contribution in [0, 0.1) is 5.92 Å². The number of hydrogen-bond donors (Lipinski definition) is 0. The molecule has 5 nitrogen and oxygen atoms in total. The van der Waals surface area contributed by atoms with E-state index in [1.165, 1.54) is 6.42 Å². The lowest BCUT2D eigenvalue weighted by atomic mass is 10.1. The second-order valence-electron chi connectivity index (χ2n) is 5.36. The maximum absolute atomic E-state index is 5.56. The molecule has 0 aliphatic carbocycles. The largest absolute Gasteiger partial charge is 0.379 e. The summed E-state index contributed by atoms with van der Waals surface area (Å²) in [5.41, 5.74) is 0. The fraction of sp³-hybridized carbons (Fsp3) is 0.769. The highest BCUT2D eigenvalue weighted by Crippen LogP contribution is 2.23. The van der Waals surface area contributed by atoms with Crippen molar-refractivity contribution in [2.75, 3.05) is 46.1 Å². The molecule has 2 saturated heterocycles. The molecule has 0 radical (unpaired) electrons. The van der Waals surface area contributed by atoms with Gasteiger partial charge in [-0.05, 0) is 22.4 Å². The molecule has 3 rings (SSSR count). The zero-order valence-corrected chi connectivity index (χ0v) is 12.6. The second kappa shape index (κ2) is 6.35. The molecule has 2 fully saturated rings. The number of nitrogens with zero attached hydrogens (tertiary/aromatic N) is 3. The van der Waals surface area contributed by atoms with E-state index in [-0.39, 0.29) is 0 Å². The van der Waals surface area contributed by atoms with Crippen LogP contribution in [0.25, 0.3) is 0 Å². The maximum Gasteiger partial charge on any atom is 0.0700 e. The number of halogens is 1. The molecule has 19 heavy (non-hydrogen) atoms. The Morgan fingerprint density at radius 1 is 1.32 bits per heavy atom. The Hall–Kier alpha value is -0.430. The molecule has 0 amide bonds. The number of ether oxygens (including phenoxy) is 2. The molecule has 1 atom stereocenters. The third-order valence-electron chi connectivity index (χ3n) is 3.79. The van der Waals surface area contributed by atoms with Crippen molar-refractivity contribution in [3.63, 3.8) is 0 Å². The smallest absolute Gasteiger partial charge is 0.0700 e. The van der Waals surface area contributed by atoms with Crippen molar-refractivity contribution in [3.05, 3.63) is 16.9 Å². The van der Waals surface area contributed by atoms with Crippen LogP contribution in [0.15, 0.2) is 16.9 Å². The van der Waals surface area contributed by atoms with Gasteiger partial charge in [0.15, 0.2) is 0 Å². The lowest BCUT2D eigenvalue weighted by Crippen LogP contribution is -2.31. The highest BCUT2D eigenvalue weighted by atomic mass is 79.9. The average Bonchev–Trinajstić information content (AvgIpc) is 2.94. The Morgan fingerprint density at radius 2 is 2.11 bits per heavy atom. The molecule has 1 aromatic rings. The highest BCUT2D eigenvalue weighted by molar-refractivity contribution is 9.10. The van der Waals surface area contributed by atoms with E-state index in [0.717, 1.165) is 50.5 Å². The van der Waals surface area contributed by atoms with Gasteiger partial charge >= 0.3 is 0 Å². The molecule has 0 saturated carbocycles. The Kier molecular flexibility index (Phi) is 4.53. The van der Waals surface area contributed by atoms with Crippen molar-refractivity contribution >= 4 is 15.9 Å². The number of likely N-dealkylation sites (tertiary alicyclic amines) is 1. The third-order valence-corrected chi connectivity index (χ3v) is 4.20. The minimum Gasteiger partial charge on any atom is -0.379 e. The van der Waals surface area contributed by atoms with Gasteiger partial charge in [0.25, 0.3) is 0 Å². The molecular formula is C13H20BrN3O2. The molecular weight excluding hydrogens is 310 g/mol. The summed E-state index contributed by atoms with van der Waals surface area (Å²) in [6, 6.07) is 0.499. The molecule has 0 bridgehead atoms. The van der Waals surface area contributed by atoms with Crippen LogP contribution in [0.2, 0.25) is 0 Å². The van der Waals surface area contributed by atoms with Gasteiger partial charge in [-0.3, -0.25) is 4.68 Å². The molecule has 2 aliphatic rings. The van der Waals surface area contributed by atoms with E-state index in [1.807, 2.05) is 6.20 Å². The van der Waals surface area contributed by atoms with Crippen LogP contribution in [-0.4, -0.2) is 60.7 Å². The summed E-state index contributed by atoms with van der Waals surface area (Å²) in [5, 5.41) is 4.39. The summed E-state index contributed by atoms with van der Waals surface area (Å²) >= 11 is 3.45. The van der Waals surface area contributed by atoms with Crippen molar-refractivity contribution in [3.8, 4) is 0 Å². The molecule has 0 aromatic carbocycles. The fourth-order valence-electron chi connectivity index (χ4n) is 2.85. The summed E-state index contributed by atoms with van der Waals surface area (Å²) in [7, 11) is 0. The summed E-state index contributed by atoms with van der Waals surface area (Å²) < 4.78 is 14.2. The van der Waals surface area contributed by atoms with Crippen LogP contribution in [0.3, 0.4) is 0 Å². The van der Waals surface area contributed by atoms with Crippen molar-refractivity contribution in [2.24, 2.45) is 5.92 Å². The predicted octanol–water partition coefficient (Wildman–Crippen LogP) is 1.56. The first kappa shape index (κ1) is 13.5. The quantitative estimate of drug-likeness (QED) is 0.843. The molecule has 106 valence electrons. The lowest BCUT2D eigenvalue weighted by molar-refractivity contribution is 0.103. The molecule has 1 unspecified atom stereocenters. The number of rotatable bonds is 3. The zero-order valence-electron chi connectivity index (χ0n) is 11.0. The van der Waals surface area contributed by atoms with E-state index in [4.69, 9.17) is 9.47 Å². The summed E-state index contributed by atoms with van der Waals surface area (Å²) in [4.78, 5) is 2.50. The monoisotopic (exact) mass is 329 g/mol. The van der Waals surface area contributed by atoms with Crippen LogP contribution in [-0.2, 0) is 9.47 Å². The maximum atomic E-state index is 5.56. The minimum atomic E-state index is 0.499. The van der Waals surface area contributed by atoms with E-state index in [0.29, 0.717) is 12.0 Å². The van der Waals surface area contributed by atoms with Crippen LogP contribution >= 0.6 is 15.9 Å².